The van der Waals surface area contributed by atoms with E-state index in [0.717, 1.165) is 16.5 Å². The van der Waals surface area contributed by atoms with Gasteiger partial charge in [0.2, 0.25) is 0 Å². The predicted octanol–water partition coefficient (Wildman–Crippen LogP) is 4.77. The van der Waals surface area contributed by atoms with Crippen LogP contribution in [0.15, 0.2) is 36.7 Å². The summed E-state index contributed by atoms with van der Waals surface area (Å²) >= 11 is 0. The van der Waals surface area contributed by atoms with E-state index in [4.69, 9.17) is 0 Å². The number of pyridine rings is 1. The maximum Gasteiger partial charge on any atom is 0.389 e. The molecule has 1 aromatic heterocycles. The molecule has 0 radical (unpaired) electrons. The topological polar surface area (TPSA) is 24.9 Å². The van der Waals surface area contributed by atoms with Gasteiger partial charge < -0.3 is 5.32 Å². The van der Waals surface area contributed by atoms with Crippen LogP contribution < -0.4 is 5.32 Å². The molecule has 2 aromatic rings. The van der Waals surface area contributed by atoms with Crippen LogP contribution in [0.4, 0.5) is 18.9 Å². The predicted molar refractivity (Wildman–Crippen MR) is 74.7 cm³/mol. The number of halogens is 3. The Kier molecular flexibility index (Phi) is 4.47. The lowest BCUT2D eigenvalue weighted by Crippen LogP contribution is -2.17. The summed E-state index contributed by atoms with van der Waals surface area (Å²) in [6.45, 7) is 1.89. The Labute approximate surface area is 116 Å². The van der Waals surface area contributed by atoms with Crippen molar-refractivity contribution >= 4 is 16.5 Å². The number of nitrogens with zero attached hydrogens (tertiary/aromatic N) is 1. The lowest BCUT2D eigenvalue weighted by Gasteiger charge is -2.17. The maximum atomic E-state index is 12.1. The Hall–Kier alpha value is -1.78. The first kappa shape index (κ1) is 14.6. The molecule has 20 heavy (non-hydrogen) atoms. The van der Waals surface area contributed by atoms with Crippen molar-refractivity contribution in [3.8, 4) is 0 Å². The molecule has 1 N–H and O–H groups in total. The number of aromatic nitrogens is 1. The highest BCUT2D eigenvalue weighted by molar-refractivity contribution is 5.93. The van der Waals surface area contributed by atoms with Gasteiger partial charge in [-0.25, -0.2) is 0 Å². The normalized spacial score (nSPS) is 13.4. The van der Waals surface area contributed by atoms with E-state index in [0.29, 0.717) is 6.42 Å². The van der Waals surface area contributed by atoms with E-state index in [2.05, 4.69) is 10.3 Å². The van der Waals surface area contributed by atoms with Crippen LogP contribution in [-0.2, 0) is 0 Å². The van der Waals surface area contributed by atoms with Gasteiger partial charge in [0.15, 0.2) is 0 Å². The first-order valence-corrected chi connectivity index (χ1v) is 6.62. The molecule has 1 heterocycles. The molecule has 0 saturated heterocycles. The van der Waals surface area contributed by atoms with E-state index in [1.54, 1.807) is 12.4 Å². The van der Waals surface area contributed by atoms with Crippen molar-refractivity contribution in [3.63, 3.8) is 0 Å². The molecule has 0 bridgehead atoms. The zero-order valence-corrected chi connectivity index (χ0v) is 11.2. The molecule has 1 atom stereocenters. The van der Waals surface area contributed by atoms with E-state index < -0.39 is 12.6 Å². The third kappa shape index (κ3) is 4.11. The van der Waals surface area contributed by atoms with Crippen molar-refractivity contribution in [2.24, 2.45) is 0 Å². The van der Waals surface area contributed by atoms with Crippen molar-refractivity contribution in [2.75, 3.05) is 5.32 Å². The average Bonchev–Trinajstić information content (AvgIpc) is 2.37. The fourth-order valence-corrected chi connectivity index (χ4v) is 2.19. The number of nitrogens with one attached hydrogen (secondary N) is 1. The summed E-state index contributed by atoms with van der Waals surface area (Å²) in [6, 6.07) is 7.73. The van der Waals surface area contributed by atoms with Gasteiger partial charge in [0.05, 0.1) is 0 Å². The number of hydrogen-bond donors (Lipinski definition) is 1. The molecule has 2 rings (SSSR count). The van der Waals surface area contributed by atoms with Gasteiger partial charge in [-0.2, -0.15) is 13.2 Å². The first-order valence-electron chi connectivity index (χ1n) is 6.62. The molecule has 5 heteroatoms. The molecule has 0 aliphatic heterocycles. The van der Waals surface area contributed by atoms with Crippen LogP contribution in [0, 0.1) is 0 Å². The summed E-state index contributed by atoms with van der Waals surface area (Å²) in [5.41, 5.74) is 0.912. The lowest BCUT2D eigenvalue weighted by molar-refractivity contribution is -0.135. The second kappa shape index (κ2) is 6.11. The summed E-state index contributed by atoms with van der Waals surface area (Å²) in [6.07, 6.45) is -0.686. The van der Waals surface area contributed by atoms with Gasteiger partial charge in [0.1, 0.15) is 0 Å². The first-order chi connectivity index (χ1) is 9.46. The van der Waals surface area contributed by atoms with Crippen LogP contribution >= 0.6 is 0 Å². The minimum absolute atomic E-state index is 0.0110. The van der Waals surface area contributed by atoms with Gasteiger partial charge in [-0.1, -0.05) is 12.1 Å². The van der Waals surface area contributed by atoms with Crippen LogP contribution in [0.3, 0.4) is 0 Å². The molecule has 0 fully saturated rings. The molecule has 0 saturated carbocycles. The molecule has 108 valence electrons. The van der Waals surface area contributed by atoms with Crippen LogP contribution in [0.2, 0.25) is 0 Å². The van der Waals surface area contributed by atoms with Gasteiger partial charge in [-0.3, -0.25) is 4.98 Å². The number of benzene rings is 1. The quantitative estimate of drug-likeness (QED) is 0.854. The number of alkyl halides is 3. The molecule has 2 nitrogen and oxygen atoms in total. The lowest BCUT2D eigenvalue weighted by atomic mass is 10.1. The van der Waals surface area contributed by atoms with Gasteiger partial charge in [0.25, 0.3) is 0 Å². The SMILES string of the molecule is CC(CCCC(F)(F)F)Nc1cccc2ccncc12. The maximum absolute atomic E-state index is 12.1. The van der Waals surface area contributed by atoms with E-state index in [1.165, 1.54) is 0 Å². The molecular weight excluding hydrogens is 265 g/mol. The van der Waals surface area contributed by atoms with E-state index >= 15 is 0 Å². The number of hydrogen-bond acceptors (Lipinski definition) is 2. The van der Waals surface area contributed by atoms with Crippen molar-refractivity contribution in [3.05, 3.63) is 36.7 Å². The van der Waals surface area contributed by atoms with Crippen LogP contribution in [0.25, 0.3) is 10.8 Å². The fourth-order valence-electron chi connectivity index (χ4n) is 2.19. The summed E-state index contributed by atoms with van der Waals surface area (Å²) in [5, 5.41) is 5.31. The smallest absolute Gasteiger partial charge is 0.382 e. The summed E-state index contributed by atoms with van der Waals surface area (Å²) < 4.78 is 36.3. The summed E-state index contributed by atoms with van der Waals surface area (Å²) in [7, 11) is 0. The van der Waals surface area contributed by atoms with Crippen molar-refractivity contribution in [2.45, 2.75) is 38.4 Å². The number of anilines is 1. The molecule has 1 aromatic carbocycles. The van der Waals surface area contributed by atoms with Crippen LogP contribution in [0.5, 0.6) is 0 Å². The van der Waals surface area contributed by atoms with Crippen LogP contribution in [0.1, 0.15) is 26.2 Å². The van der Waals surface area contributed by atoms with Gasteiger partial charge in [-0.05, 0) is 37.3 Å². The van der Waals surface area contributed by atoms with Crippen molar-refractivity contribution < 1.29 is 13.2 Å². The average molecular weight is 282 g/mol. The molecule has 1 unspecified atom stereocenters. The Morgan fingerprint density at radius 1 is 1.25 bits per heavy atom. The third-order valence-electron chi connectivity index (χ3n) is 3.18. The Balaban J connectivity index is 1.98. The Bertz CT molecular complexity index is 561. The zero-order chi connectivity index (χ0) is 14.6. The van der Waals surface area contributed by atoms with E-state index in [1.807, 2.05) is 31.2 Å². The standard InChI is InChI=1S/C15H17F3N2/c1-11(4-3-8-15(16,17)18)20-14-6-2-5-12-7-9-19-10-13(12)14/h2,5-7,9-11,20H,3-4,8H2,1H3. The van der Waals surface area contributed by atoms with E-state index in [9.17, 15) is 13.2 Å². The fraction of sp³-hybridized carbons (Fsp3) is 0.400. The molecule has 0 aliphatic carbocycles. The second-order valence-electron chi connectivity index (χ2n) is 4.96. The molecular formula is C15H17F3N2. The largest absolute Gasteiger partial charge is 0.389 e. The van der Waals surface area contributed by atoms with E-state index in [-0.39, 0.29) is 12.5 Å². The zero-order valence-electron chi connectivity index (χ0n) is 11.2. The number of rotatable bonds is 5. The van der Waals surface area contributed by atoms with Gasteiger partial charge >= 0.3 is 6.18 Å². The summed E-state index contributed by atoms with van der Waals surface area (Å²) in [5.74, 6) is 0. The second-order valence-corrected chi connectivity index (χ2v) is 4.96. The highest BCUT2D eigenvalue weighted by Gasteiger charge is 2.26. The molecule has 0 spiro atoms. The highest BCUT2D eigenvalue weighted by Crippen LogP contribution is 2.25. The van der Waals surface area contributed by atoms with Crippen molar-refractivity contribution in [1.82, 2.24) is 4.98 Å². The molecule has 0 amide bonds. The summed E-state index contributed by atoms with van der Waals surface area (Å²) in [4.78, 5) is 4.09. The minimum Gasteiger partial charge on any atom is -0.382 e. The van der Waals surface area contributed by atoms with Gasteiger partial charge in [-0.15, -0.1) is 0 Å². The van der Waals surface area contributed by atoms with Gasteiger partial charge in [0, 0.05) is 35.9 Å². The van der Waals surface area contributed by atoms with Crippen LogP contribution in [-0.4, -0.2) is 17.2 Å². The third-order valence-corrected chi connectivity index (χ3v) is 3.18. The Morgan fingerprint density at radius 3 is 2.80 bits per heavy atom. The highest BCUT2D eigenvalue weighted by atomic mass is 19.4. The molecule has 0 aliphatic rings. The monoisotopic (exact) mass is 282 g/mol. The minimum atomic E-state index is -4.07. The van der Waals surface area contributed by atoms with Crippen molar-refractivity contribution in [1.29, 1.82) is 0 Å². The number of fused-ring (bicyclic) bond motifs is 1. The Morgan fingerprint density at radius 2 is 2.05 bits per heavy atom.